The van der Waals surface area contributed by atoms with E-state index in [4.69, 9.17) is 4.74 Å². The molecule has 0 bridgehead atoms. The maximum absolute atomic E-state index is 13.0. The number of piperazine rings is 1. The Hall–Kier alpha value is -2.11. The number of rotatable bonds is 6. The van der Waals surface area contributed by atoms with Crippen LogP contribution in [0.2, 0.25) is 0 Å². The maximum atomic E-state index is 13.0. The van der Waals surface area contributed by atoms with Crippen LogP contribution in [-0.2, 0) is 0 Å². The van der Waals surface area contributed by atoms with Crippen molar-refractivity contribution >= 4 is 5.69 Å². The van der Waals surface area contributed by atoms with E-state index in [2.05, 4.69) is 15.9 Å². The molecular weight excluding hydrogens is 331 g/mol. The molecule has 0 aromatic heterocycles. The number of aliphatic hydroxyl groups excluding tert-OH is 1. The van der Waals surface area contributed by atoms with E-state index in [-0.39, 0.29) is 5.82 Å². The second-order valence-corrected chi connectivity index (χ2v) is 7.05. The molecule has 26 heavy (non-hydrogen) atoms. The van der Waals surface area contributed by atoms with Crippen molar-refractivity contribution in [2.24, 2.45) is 0 Å². The minimum Gasteiger partial charge on any atom is -0.491 e. The predicted molar refractivity (Wildman–Crippen MR) is 102 cm³/mol. The van der Waals surface area contributed by atoms with Crippen molar-refractivity contribution in [3.63, 3.8) is 0 Å². The average Bonchev–Trinajstić information content (AvgIpc) is 2.61. The molecule has 0 saturated carbocycles. The van der Waals surface area contributed by atoms with Crippen LogP contribution in [0.15, 0.2) is 42.5 Å². The van der Waals surface area contributed by atoms with Crippen molar-refractivity contribution in [1.29, 1.82) is 0 Å². The number of halogens is 1. The normalized spacial score (nSPS) is 16.5. The van der Waals surface area contributed by atoms with Gasteiger partial charge in [0.2, 0.25) is 0 Å². The highest BCUT2D eigenvalue weighted by molar-refractivity contribution is 5.46. The van der Waals surface area contributed by atoms with Crippen molar-refractivity contribution in [2.45, 2.75) is 20.0 Å². The Labute approximate surface area is 154 Å². The molecule has 4 nitrogen and oxygen atoms in total. The molecule has 3 rings (SSSR count). The number of nitrogens with zero attached hydrogens (tertiary/aromatic N) is 2. The number of anilines is 1. The minimum absolute atomic E-state index is 0.209. The zero-order chi connectivity index (χ0) is 18.5. The quantitative estimate of drug-likeness (QED) is 0.861. The van der Waals surface area contributed by atoms with Crippen LogP contribution in [0.5, 0.6) is 5.75 Å². The number of aliphatic hydroxyl groups is 1. The molecule has 1 heterocycles. The van der Waals surface area contributed by atoms with Gasteiger partial charge in [0.15, 0.2) is 0 Å². The second kappa shape index (κ2) is 8.52. The molecule has 1 aliphatic rings. The summed E-state index contributed by atoms with van der Waals surface area (Å²) in [4.78, 5) is 4.49. The molecule has 1 atom stereocenters. The molecular formula is C21H27FN2O2. The Balaban J connectivity index is 1.43. The Morgan fingerprint density at radius 1 is 1.00 bits per heavy atom. The van der Waals surface area contributed by atoms with E-state index in [1.165, 1.54) is 12.1 Å². The van der Waals surface area contributed by atoms with Gasteiger partial charge in [0, 0.05) is 38.4 Å². The van der Waals surface area contributed by atoms with E-state index in [0.717, 1.165) is 48.7 Å². The minimum atomic E-state index is -0.520. The number of hydrogen-bond donors (Lipinski definition) is 1. The van der Waals surface area contributed by atoms with Gasteiger partial charge in [-0.1, -0.05) is 6.07 Å². The third kappa shape index (κ3) is 5.19. The number of benzene rings is 2. The van der Waals surface area contributed by atoms with Gasteiger partial charge in [0.05, 0.1) is 0 Å². The maximum Gasteiger partial charge on any atom is 0.123 e. The van der Waals surface area contributed by atoms with Crippen LogP contribution >= 0.6 is 0 Å². The lowest BCUT2D eigenvalue weighted by Gasteiger charge is -2.36. The third-order valence-electron chi connectivity index (χ3n) is 4.67. The highest BCUT2D eigenvalue weighted by Crippen LogP contribution is 2.18. The Kier molecular flexibility index (Phi) is 6.12. The van der Waals surface area contributed by atoms with E-state index in [0.29, 0.717) is 13.2 Å². The summed E-state index contributed by atoms with van der Waals surface area (Å²) < 4.78 is 18.8. The largest absolute Gasteiger partial charge is 0.491 e. The lowest BCUT2D eigenvalue weighted by atomic mass is 10.1. The zero-order valence-electron chi connectivity index (χ0n) is 15.5. The summed E-state index contributed by atoms with van der Waals surface area (Å²) >= 11 is 0. The summed E-state index contributed by atoms with van der Waals surface area (Å²) in [6.45, 7) is 8.46. The predicted octanol–water partition coefficient (Wildman–Crippen LogP) is 3.00. The summed E-state index contributed by atoms with van der Waals surface area (Å²) in [6, 6.07) is 12.7. The molecule has 1 fully saturated rings. The van der Waals surface area contributed by atoms with Crippen LogP contribution in [0.1, 0.15) is 11.1 Å². The average molecular weight is 358 g/mol. The van der Waals surface area contributed by atoms with Gasteiger partial charge in [-0.3, -0.25) is 4.90 Å². The number of ether oxygens (including phenoxy) is 1. The lowest BCUT2D eigenvalue weighted by Crippen LogP contribution is -2.49. The van der Waals surface area contributed by atoms with Crippen molar-refractivity contribution in [3.8, 4) is 5.75 Å². The van der Waals surface area contributed by atoms with E-state index in [9.17, 15) is 9.50 Å². The molecule has 2 aromatic carbocycles. The molecule has 1 aliphatic heterocycles. The number of aryl methyl sites for hydroxylation is 2. The summed E-state index contributed by atoms with van der Waals surface area (Å²) in [6.07, 6.45) is -0.520. The van der Waals surface area contributed by atoms with Crippen molar-refractivity contribution in [3.05, 3.63) is 59.4 Å². The molecule has 0 aliphatic carbocycles. The van der Waals surface area contributed by atoms with E-state index in [1.54, 1.807) is 0 Å². The van der Waals surface area contributed by atoms with Gasteiger partial charge in [-0.2, -0.15) is 0 Å². The van der Waals surface area contributed by atoms with Crippen molar-refractivity contribution in [2.75, 3.05) is 44.2 Å². The fourth-order valence-electron chi connectivity index (χ4n) is 3.40. The first-order valence-electron chi connectivity index (χ1n) is 9.11. The van der Waals surface area contributed by atoms with Gasteiger partial charge in [-0.15, -0.1) is 0 Å². The summed E-state index contributed by atoms with van der Waals surface area (Å²) in [5.74, 6) is 0.599. The second-order valence-electron chi connectivity index (χ2n) is 7.05. The van der Waals surface area contributed by atoms with Crippen LogP contribution in [0, 0.1) is 19.7 Å². The zero-order valence-corrected chi connectivity index (χ0v) is 15.5. The molecule has 1 unspecified atom stereocenters. The van der Waals surface area contributed by atoms with Crippen molar-refractivity contribution in [1.82, 2.24) is 4.90 Å². The van der Waals surface area contributed by atoms with E-state index in [1.807, 2.05) is 38.1 Å². The first-order chi connectivity index (χ1) is 12.5. The topological polar surface area (TPSA) is 35.9 Å². The summed E-state index contributed by atoms with van der Waals surface area (Å²) in [5.41, 5.74) is 3.36. The van der Waals surface area contributed by atoms with Crippen LogP contribution in [0.4, 0.5) is 10.1 Å². The van der Waals surface area contributed by atoms with Gasteiger partial charge in [-0.05, 0) is 61.4 Å². The Morgan fingerprint density at radius 2 is 1.62 bits per heavy atom. The lowest BCUT2D eigenvalue weighted by molar-refractivity contribution is 0.0662. The Morgan fingerprint density at radius 3 is 2.23 bits per heavy atom. The van der Waals surface area contributed by atoms with E-state index >= 15 is 0 Å². The van der Waals surface area contributed by atoms with Gasteiger partial charge < -0.3 is 14.7 Å². The van der Waals surface area contributed by atoms with Crippen LogP contribution in [0.25, 0.3) is 0 Å². The van der Waals surface area contributed by atoms with E-state index < -0.39 is 6.10 Å². The number of β-amino-alcohol motifs (C(OH)–C–C–N with tert-alkyl or cyclic N) is 1. The SMILES string of the molecule is Cc1cc(C)cc(OCC(O)CN2CCN(c3ccc(F)cc3)CC2)c1. The smallest absolute Gasteiger partial charge is 0.123 e. The molecule has 140 valence electrons. The highest BCUT2D eigenvalue weighted by Gasteiger charge is 2.19. The molecule has 5 heteroatoms. The summed E-state index contributed by atoms with van der Waals surface area (Å²) in [7, 11) is 0. The molecule has 1 saturated heterocycles. The highest BCUT2D eigenvalue weighted by atomic mass is 19.1. The number of hydrogen-bond acceptors (Lipinski definition) is 4. The van der Waals surface area contributed by atoms with Gasteiger partial charge >= 0.3 is 0 Å². The standard InChI is InChI=1S/C21H27FN2O2/c1-16-11-17(2)13-21(12-16)26-15-20(25)14-23-7-9-24(10-8-23)19-5-3-18(22)4-6-19/h3-6,11-13,20,25H,7-10,14-15H2,1-2H3. The van der Waals surface area contributed by atoms with Gasteiger partial charge in [0.25, 0.3) is 0 Å². The third-order valence-corrected chi connectivity index (χ3v) is 4.67. The first kappa shape index (κ1) is 18.7. The summed E-state index contributed by atoms with van der Waals surface area (Å²) in [5, 5.41) is 10.3. The molecule has 0 amide bonds. The van der Waals surface area contributed by atoms with Crippen LogP contribution in [0.3, 0.4) is 0 Å². The fourth-order valence-corrected chi connectivity index (χ4v) is 3.40. The molecule has 0 spiro atoms. The molecule has 2 aromatic rings. The van der Waals surface area contributed by atoms with Crippen LogP contribution < -0.4 is 9.64 Å². The van der Waals surface area contributed by atoms with Crippen molar-refractivity contribution < 1.29 is 14.2 Å². The Bertz CT molecular complexity index is 692. The van der Waals surface area contributed by atoms with Gasteiger partial charge in [0.1, 0.15) is 24.3 Å². The molecule has 0 radical (unpaired) electrons. The first-order valence-corrected chi connectivity index (χ1v) is 9.11. The van der Waals surface area contributed by atoms with Crippen LogP contribution in [-0.4, -0.2) is 55.4 Å². The fraction of sp³-hybridized carbons (Fsp3) is 0.429. The van der Waals surface area contributed by atoms with Gasteiger partial charge in [-0.25, -0.2) is 4.39 Å². The monoisotopic (exact) mass is 358 g/mol. The molecule has 1 N–H and O–H groups in total.